The van der Waals surface area contributed by atoms with Gasteiger partial charge in [0.2, 0.25) is 5.91 Å². The summed E-state index contributed by atoms with van der Waals surface area (Å²) in [6.07, 6.45) is 5.20. The van der Waals surface area contributed by atoms with Crippen molar-refractivity contribution in [2.24, 2.45) is 5.92 Å². The standard InChI is InChI=1S/C24H25NO6/c1-15-12-16(4-8-19(15)27)6-10-21(29)23(24(31)25(2)3)22(30)11-7-17-5-9-20(28)18(13-17)14-26/h4-13,23,26-28H,14H2,1-3H3/b10-6+,11-7+. The zero-order chi connectivity index (χ0) is 23.1. The Bertz CT molecular complexity index is 1050. The molecular weight excluding hydrogens is 398 g/mol. The molecule has 0 saturated carbocycles. The molecule has 0 heterocycles. The van der Waals surface area contributed by atoms with E-state index in [1.165, 1.54) is 61.5 Å². The largest absolute Gasteiger partial charge is 0.508 e. The second-order valence-electron chi connectivity index (χ2n) is 7.23. The molecule has 0 aliphatic rings. The molecule has 0 aliphatic carbocycles. The minimum absolute atomic E-state index is 0.0728. The molecule has 0 saturated heterocycles. The van der Waals surface area contributed by atoms with E-state index in [1.807, 2.05) is 0 Å². The molecular formula is C24H25NO6. The highest BCUT2D eigenvalue weighted by molar-refractivity contribution is 6.25. The summed E-state index contributed by atoms with van der Waals surface area (Å²) in [5.41, 5.74) is 2.08. The lowest BCUT2D eigenvalue weighted by Gasteiger charge is -2.16. The van der Waals surface area contributed by atoms with Gasteiger partial charge in [-0.05, 0) is 60.0 Å². The topological polar surface area (TPSA) is 115 Å². The number of nitrogens with zero attached hydrogens (tertiary/aromatic N) is 1. The number of hydrogen-bond acceptors (Lipinski definition) is 6. The maximum atomic E-state index is 12.7. The number of ketones is 2. The molecule has 0 radical (unpaired) electrons. The Labute approximate surface area is 180 Å². The lowest BCUT2D eigenvalue weighted by Crippen LogP contribution is -2.38. The molecule has 2 aromatic rings. The van der Waals surface area contributed by atoms with Crippen molar-refractivity contribution in [2.45, 2.75) is 13.5 Å². The molecule has 0 fully saturated rings. The molecule has 0 spiro atoms. The summed E-state index contributed by atoms with van der Waals surface area (Å²) in [6, 6.07) is 9.19. The summed E-state index contributed by atoms with van der Waals surface area (Å²) in [5, 5.41) is 28.5. The summed E-state index contributed by atoms with van der Waals surface area (Å²) >= 11 is 0. The van der Waals surface area contributed by atoms with Gasteiger partial charge in [-0.15, -0.1) is 0 Å². The molecule has 162 valence electrons. The SMILES string of the molecule is Cc1cc(/C=C/C(=O)C(C(=O)/C=C/c2ccc(O)c(CO)c2)C(=O)N(C)C)ccc1O. The van der Waals surface area contributed by atoms with E-state index in [1.54, 1.807) is 19.1 Å². The summed E-state index contributed by atoms with van der Waals surface area (Å²) in [5.74, 6) is -3.47. The minimum Gasteiger partial charge on any atom is -0.508 e. The fraction of sp³-hybridized carbons (Fsp3) is 0.208. The van der Waals surface area contributed by atoms with Crippen LogP contribution in [0, 0.1) is 12.8 Å². The first-order valence-electron chi connectivity index (χ1n) is 9.51. The van der Waals surface area contributed by atoms with E-state index < -0.39 is 23.4 Å². The summed E-state index contributed by atoms with van der Waals surface area (Å²) in [6.45, 7) is 1.34. The van der Waals surface area contributed by atoms with Crippen molar-refractivity contribution < 1.29 is 29.7 Å². The third-order valence-electron chi connectivity index (χ3n) is 4.63. The van der Waals surface area contributed by atoms with Crippen LogP contribution in [-0.2, 0) is 21.0 Å². The van der Waals surface area contributed by atoms with Crippen LogP contribution in [0.25, 0.3) is 12.2 Å². The number of aliphatic hydroxyl groups is 1. The fourth-order valence-electron chi connectivity index (χ4n) is 2.81. The first-order valence-corrected chi connectivity index (χ1v) is 9.51. The third-order valence-corrected chi connectivity index (χ3v) is 4.63. The van der Waals surface area contributed by atoms with E-state index in [9.17, 15) is 29.7 Å². The van der Waals surface area contributed by atoms with Gasteiger partial charge in [0.15, 0.2) is 17.5 Å². The molecule has 1 atom stereocenters. The second-order valence-corrected chi connectivity index (χ2v) is 7.23. The lowest BCUT2D eigenvalue weighted by atomic mass is 9.95. The number of carbonyl (C=O) groups excluding carboxylic acids is 3. The van der Waals surface area contributed by atoms with E-state index in [0.29, 0.717) is 22.3 Å². The van der Waals surface area contributed by atoms with Gasteiger partial charge in [-0.25, -0.2) is 0 Å². The van der Waals surface area contributed by atoms with Gasteiger partial charge in [0.05, 0.1) is 6.61 Å². The number of allylic oxidation sites excluding steroid dienone is 2. The fourth-order valence-corrected chi connectivity index (χ4v) is 2.81. The van der Waals surface area contributed by atoms with E-state index in [0.717, 1.165) is 6.08 Å². The smallest absolute Gasteiger partial charge is 0.240 e. The molecule has 0 aromatic heterocycles. The molecule has 2 aromatic carbocycles. The van der Waals surface area contributed by atoms with Gasteiger partial charge in [-0.3, -0.25) is 14.4 Å². The molecule has 1 unspecified atom stereocenters. The third kappa shape index (κ3) is 6.13. The minimum atomic E-state index is -1.53. The van der Waals surface area contributed by atoms with E-state index in [-0.39, 0.29) is 18.1 Å². The number of phenolic OH excluding ortho intramolecular Hbond substituents is 1. The maximum Gasteiger partial charge on any atom is 0.240 e. The Kier molecular flexibility index (Phi) is 7.88. The van der Waals surface area contributed by atoms with Crippen LogP contribution in [0.4, 0.5) is 0 Å². The Balaban J connectivity index is 2.27. The molecule has 0 bridgehead atoms. The van der Waals surface area contributed by atoms with Gasteiger partial charge in [0.1, 0.15) is 11.5 Å². The number of phenols is 2. The van der Waals surface area contributed by atoms with Crippen LogP contribution in [0.2, 0.25) is 0 Å². The van der Waals surface area contributed by atoms with Crippen molar-refractivity contribution in [2.75, 3.05) is 14.1 Å². The van der Waals surface area contributed by atoms with Crippen LogP contribution in [-0.4, -0.2) is 51.8 Å². The lowest BCUT2D eigenvalue weighted by molar-refractivity contribution is -0.142. The summed E-state index contributed by atoms with van der Waals surface area (Å²) < 4.78 is 0. The number of aryl methyl sites for hydroxylation is 1. The Hall–Kier alpha value is -3.71. The number of aromatic hydroxyl groups is 2. The first-order chi connectivity index (χ1) is 14.6. The van der Waals surface area contributed by atoms with Crippen LogP contribution in [0.1, 0.15) is 22.3 Å². The number of rotatable bonds is 8. The molecule has 7 heteroatoms. The van der Waals surface area contributed by atoms with Crippen LogP contribution in [0.15, 0.2) is 48.6 Å². The Morgan fingerprint density at radius 3 is 1.90 bits per heavy atom. The molecule has 7 nitrogen and oxygen atoms in total. The van der Waals surface area contributed by atoms with Crippen LogP contribution < -0.4 is 0 Å². The van der Waals surface area contributed by atoms with Crippen molar-refractivity contribution in [3.8, 4) is 11.5 Å². The number of aliphatic hydroxyl groups excluding tert-OH is 1. The van der Waals surface area contributed by atoms with Crippen LogP contribution in [0.5, 0.6) is 11.5 Å². The van der Waals surface area contributed by atoms with E-state index in [4.69, 9.17) is 0 Å². The predicted octanol–water partition coefficient (Wildman–Crippen LogP) is 2.47. The molecule has 1 amide bonds. The van der Waals surface area contributed by atoms with Gasteiger partial charge in [0, 0.05) is 19.7 Å². The molecule has 31 heavy (non-hydrogen) atoms. The monoisotopic (exact) mass is 423 g/mol. The number of amides is 1. The quantitative estimate of drug-likeness (QED) is 0.444. The van der Waals surface area contributed by atoms with Crippen LogP contribution in [0.3, 0.4) is 0 Å². The van der Waals surface area contributed by atoms with E-state index in [2.05, 4.69) is 0 Å². The van der Waals surface area contributed by atoms with Gasteiger partial charge in [-0.2, -0.15) is 0 Å². The van der Waals surface area contributed by atoms with Gasteiger partial charge >= 0.3 is 0 Å². The van der Waals surface area contributed by atoms with Crippen molar-refractivity contribution in [3.05, 3.63) is 70.8 Å². The zero-order valence-electron chi connectivity index (χ0n) is 17.6. The van der Waals surface area contributed by atoms with Gasteiger partial charge in [-0.1, -0.05) is 24.3 Å². The highest BCUT2D eigenvalue weighted by Gasteiger charge is 2.32. The number of benzene rings is 2. The van der Waals surface area contributed by atoms with Crippen molar-refractivity contribution >= 4 is 29.6 Å². The Morgan fingerprint density at radius 1 is 0.903 bits per heavy atom. The van der Waals surface area contributed by atoms with Crippen molar-refractivity contribution in [1.82, 2.24) is 4.90 Å². The summed E-state index contributed by atoms with van der Waals surface area (Å²) in [7, 11) is 2.92. The molecule has 3 N–H and O–H groups in total. The predicted molar refractivity (Wildman–Crippen MR) is 117 cm³/mol. The Morgan fingerprint density at radius 2 is 1.42 bits per heavy atom. The number of hydrogen-bond donors (Lipinski definition) is 3. The van der Waals surface area contributed by atoms with Gasteiger partial charge in [0.25, 0.3) is 0 Å². The number of carbonyl (C=O) groups is 3. The maximum absolute atomic E-state index is 12.7. The van der Waals surface area contributed by atoms with Crippen LogP contribution >= 0.6 is 0 Å². The zero-order valence-corrected chi connectivity index (χ0v) is 17.6. The highest BCUT2D eigenvalue weighted by atomic mass is 16.3. The highest BCUT2D eigenvalue weighted by Crippen LogP contribution is 2.20. The average molecular weight is 423 g/mol. The molecule has 2 rings (SSSR count). The van der Waals surface area contributed by atoms with E-state index >= 15 is 0 Å². The normalized spacial score (nSPS) is 12.3. The summed E-state index contributed by atoms with van der Waals surface area (Å²) in [4.78, 5) is 39.1. The van der Waals surface area contributed by atoms with Crippen molar-refractivity contribution in [1.29, 1.82) is 0 Å². The average Bonchev–Trinajstić information content (AvgIpc) is 2.73. The molecule has 0 aliphatic heterocycles. The van der Waals surface area contributed by atoms with Gasteiger partial charge < -0.3 is 20.2 Å². The van der Waals surface area contributed by atoms with Crippen molar-refractivity contribution in [3.63, 3.8) is 0 Å². The second kappa shape index (κ2) is 10.4. The first kappa shape index (κ1) is 23.6.